The second-order valence-electron chi connectivity index (χ2n) is 11.5. The lowest BCUT2D eigenvalue weighted by molar-refractivity contribution is -0.122. The highest BCUT2D eigenvalue weighted by Crippen LogP contribution is 2.59. The number of benzene rings is 2. The Hall–Kier alpha value is -3.18. The van der Waals surface area contributed by atoms with Gasteiger partial charge in [0.1, 0.15) is 22.0 Å². The number of thiophene rings is 1. The van der Waals surface area contributed by atoms with E-state index >= 15 is 4.39 Å². The summed E-state index contributed by atoms with van der Waals surface area (Å²) in [5, 5.41) is 9.65. The molecule has 1 saturated heterocycles. The highest BCUT2D eigenvalue weighted by Gasteiger charge is 2.66. The SMILES string of the molecule is COc1cc(C(N)=O)ccc1NC(=O)[C@@H]1N[C@@H](CC(C)(C)C)[C@@]2(C(=O)Nc3sc(Cl)cc32)[C@H]1c1cccc(Cl)c1F. The molecule has 216 valence electrons. The van der Waals surface area contributed by atoms with Gasteiger partial charge < -0.3 is 26.4 Å². The van der Waals surface area contributed by atoms with E-state index in [0.29, 0.717) is 21.3 Å². The third-order valence-corrected chi connectivity index (χ3v) is 9.14. The number of carbonyl (C=O) groups is 3. The maximum absolute atomic E-state index is 15.9. The summed E-state index contributed by atoms with van der Waals surface area (Å²) in [7, 11) is 1.40. The number of hydrogen-bond donors (Lipinski definition) is 4. The van der Waals surface area contributed by atoms with Gasteiger partial charge in [-0.2, -0.15) is 0 Å². The second kappa shape index (κ2) is 10.6. The van der Waals surface area contributed by atoms with Crippen molar-refractivity contribution in [3.05, 3.63) is 74.3 Å². The van der Waals surface area contributed by atoms with Gasteiger partial charge in [-0.05, 0) is 47.7 Å². The Bertz CT molecular complexity index is 1570. The molecule has 0 aliphatic carbocycles. The van der Waals surface area contributed by atoms with Gasteiger partial charge in [-0.1, -0.05) is 56.1 Å². The molecule has 12 heteroatoms. The van der Waals surface area contributed by atoms with Crippen molar-refractivity contribution in [1.29, 1.82) is 0 Å². The predicted molar refractivity (Wildman–Crippen MR) is 159 cm³/mol. The van der Waals surface area contributed by atoms with Crippen LogP contribution in [0.5, 0.6) is 5.75 Å². The van der Waals surface area contributed by atoms with Crippen molar-refractivity contribution in [3.8, 4) is 5.75 Å². The first kappa shape index (κ1) is 29.3. The van der Waals surface area contributed by atoms with Gasteiger partial charge in [0, 0.05) is 23.1 Å². The zero-order valence-corrected chi connectivity index (χ0v) is 25.1. The van der Waals surface area contributed by atoms with E-state index in [4.69, 9.17) is 33.7 Å². The lowest BCUT2D eigenvalue weighted by Crippen LogP contribution is -2.49. The Kier molecular flexibility index (Phi) is 7.57. The van der Waals surface area contributed by atoms with Crippen LogP contribution in [-0.2, 0) is 15.0 Å². The van der Waals surface area contributed by atoms with Crippen molar-refractivity contribution < 1.29 is 23.5 Å². The molecule has 0 radical (unpaired) electrons. The smallest absolute Gasteiger partial charge is 0.248 e. The maximum Gasteiger partial charge on any atom is 0.248 e. The number of anilines is 2. The molecule has 5 rings (SSSR count). The molecule has 3 aromatic rings. The van der Waals surface area contributed by atoms with E-state index < -0.39 is 41.0 Å². The average molecular weight is 620 g/mol. The summed E-state index contributed by atoms with van der Waals surface area (Å²) in [5.74, 6) is -3.03. The van der Waals surface area contributed by atoms with Gasteiger partial charge in [-0.3, -0.25) is 14.4 Å². The number of nitrogens with two attached hydrogens (primary N) is 1. The molecule has 4 atom stereocenters. The van der Waals surface area contributed by atoms with Crippen molar-refractivity contribution >= 4 is 62.9 Å². The molecule has 3 amide bonds. The molecule has 1 fully saturated rings. The fourth-order valence-electron chi connectivity index (χ4n) is 6.07. The van der Waals surface area contributed by atoms with Crippen LogP contribution in [0.3, 0.4) is 0 Å². The van der Waals surface area contributed by atoms with Gasteiger partial charge in [0.15, 0.2) is 0 Å². The lowest BCUT2D eigenvalue weighted by Gasteiger charge is -2.37. The van der Waals surface area contributed by atoms with E-state index in [1.54, 1.807) is 18.2 Å². The van der Waals surface area contributed by atoms with Crippen LogP contribution < -0.4 is 26.4 Å². The van der Waals surface area contributed by atoms with Crippen LogP contribution in [0.1, 0.15) is 54.6 Å². The molecule has 2 aliphatic heterocycles. The molecule has 8 nitrogen and oxygen atoms in total. The van der Waals surface area contributed by atoms with Crippen LogP contribution in [0.25, 0.3) is 0 Å². The number of halogens is 3. The van der Waals surface area contributed by atoms with E-state index in [2.05, 4.69) is 16.0 Å². The van der Waals surface area contributed by atoms with Gasteiger partial charge in [0.25, 0.3) is 0 Å². The normalized spacial score (nSPS) is 23.4. The fraction of sp³-hybridized carbons (Fsp3) is 0.345. The van der Waals surface area contributed by atoms with Gasteiger partial charge >= 0.3 is 0 Å². The molecule has 5 N–H and O–H groups in total. The molecule has 0 unspecified atom stereocenters. The van der Waals surface area contributed by atoms with E-state index in [1.165, 1.54) is 42.7 Å². The molecule has 0 bridgehead atoms. The average Bonchev–Trinajstić information content (AvgIpc) is 3.50. The summed E-state index contributed by atoms with van der Waals surface area (Å²) in [4.78, 5) is 39.9. The number of primary amides is 1. The first-order chi connectivity index (χ1) is 19.3. The number of methoxy groups -OCH3 is 1. The molecule has 2 aliphatic rings. The van der Waals surface area contributed by atoms with Crippen LogP contribution >= 0.6 is 34.5 Å². The largest absolute Gasteiger partial charge is 0.495 e. The van der Waals surface area contributed by atoms with Gasteiger partial charge in [-0.15, -0.1) is 11.3 Å². The molecular weight excluding hydrogens is 590 g/mol. The molecule has 1 spiro atoms. The predicted octanol–water partition coefficient (Wildman–Crippen LogP) is 5.69. The quantitative estimate of drug-likeness (QED) is 0.283. The number of ether oxygens (including phenoxy) is 1. The topological polar surface area (TPSA) is 123 Å². The minimum absolute atomic E-state index is 0.123. The zero-order chi connectivity index (χ0) is 29.9. The number of fused-ring (bicyclic) bond motifs is 2. The van der Waals surface area contributed by atoms with Crippen molar-refractivity contribution in [2.24, 2.45) is 11.1 Å². The molecule has 0 saturated carbocycles. The van der Waals surface area contributed by atoms with Gasteiger partial charge in [0.2, 0.25) is 17.7 Å². The van der Waals surface area contributed by atoms with E-state index in [9.17, 15) is 14.4 Å². The van der Waals surface area contributed by atoms with Crippen LogP contribution in [0.4, 0.5) is 15.1 Å². The van der Waals surface area contributed by atoms with Crippen molar-refractivity contribution in [2.75, 3.05) is 17.7 Å². The summed E-state index contributed by atoms with van der Waals surface area (Å²) >= 11 is 13.9. The van der Waals surface area contributed by atoms with Crippen LogP contribution in [0.15, 0.2) is 42.5 Å². The summed E-state index contributed by atoms with van der Waals surface area (Å²) in [6.45, 7) is 6.10. The van der Waals surface area contributed by atoms with Gasteiger partial charge in [0.05, 0.1) is 28.2 Å². The Morgan fingerprint density at radius 2 is 1.93 bits per heavy atom. The number of amides is 3. The maximum atomic E-state index is 15.9. The number of carbonyl (C=O) groups excluding carboxylic acids is 3. The van der Waals surface area contributed by atoms with Crippen molar-refractivity contribution in [3.63, 3.8) is 0 Å². The zero-order valence-electron chi connectivity index (χ0n) is 22.7. The summed E-state index contributed by atoms with van der Waals surface area (Å²) < 4.78 is 21.7. The van der Waals surface area contributed by atoms with E-state index in [0.717, 1.165) is 0 Å². The third-order valence-electron chi connectivity index (χ3n) is 7.66. The van der Waals surface area contributed by atoms with Crippen molar-refractivity contribution in [2.45, 2.75) is 50.6 Å². The molecule has 41 heavy (non-hydrogen) atoms. The fourth-order valence-corrected chi connectivity index (χ4v) is 7.45. The highest BCUT2D eigenvalue weighted by atomic mass is 35.5. The van der Waals surface area contributed by atoms with E-state index in [-0.39, 0.29) is 38.9 Å². The summed E-state index contributed by atoms with van der Waals surface area (Å²) in [5.41, 5.74) is 4.97. The first-order valence-corrected chi connectivity index (χ1v) is 14.4. The van der Waals surface area contributed by atoms with Crippen LogP contribution in [0.2, 0.25) is 9.36 Å². The Morgan fingerprint density at radius 1 is 1.20 bits per heavy atom. The van der Waals surface area contributed by atoms with Crippen molar-refractivity contribution in [1.82, 2.24) is 5.32 Å². The van der Waals surface area contributed by atoms with Crippen LogP contribution in [-0.4, -0.2) is 36.9 Å². The molecule has 2 aromatic carbocycles. The molecule has 3 heterocycles. The summed E-state index contributed by atoms with van der Waals surface area (Å²) in [6, 6.07) is 9.02. The van der Waals surface area contributed by atoms with E-state index in [1.807, 2.05) is 20.8 Å². The second-order valence-corrected chi connectivity index (χ2v) is 13.6. The van der Waals surface area contributed by atoms with Gasteiger partial charge in [-0.25, -0.2) is 4.39 Å². The monoisotopic (exact) mass is 618 g/mol. The molecular formula is C29H29Cl2FN4O4S. The summed E-state index contributed by atoms with van der Waals surface area (Å²) in [6.07, 6.45) is 0.479. The number of nitrogens with one attached hydrogen (secondary N) is 3. The molecule has 1 aromatic heterocycles. The number of hydrogen-bond acceptors (Lipinski definition) is 6. The first-order valence-electron chi connectivity index (χ1n) is 12.9. The van der Waals surface area contributed by atoms with Crippen LogP contribution in [0, 0.1) is 11.2 Å². The Balaban J connectivity index is 1.69. The third kappa shape index (κ3) is 4.97. The standard InChI is InChI=1S/C29H29Cl2FN4O4S/c1-28(2,3)12-19-29(15-11-20(31)41-26(15)36-27(29)39)21(14-6-5-7-16(30)22(14)32)23(35-19)25(38)34-17-9-8-13(24(33)37)10-18(17)40-4/h5-11,19,21,23,35H,12H2,1-4H3,(H2,33,37)(H,34,38)(H,36,39)/t19-,21-,23+,29+/m0/s1. The Labute approximate surface area is 250 Å². The highest BCUT2D eigenvalue weighted by molar-refractivity contribution is 7.20. The minimum Gasteiger partial charge on any atom is -0.495 e. The lowest BCUT2D eigenvalue weighted by atomic mass is 9.63. The number of rotatable bonds is 6. The minimum atomic E-state index is -1.38. The Morgan fingerprint density at radius 3 is 2.59 bits per heavy atom.